The Hall–Kier alpha value is -2.62. The van der Waals surface area contributed by atoms with Crippen molar-refractivity contribution < 1.29 is 9.59 Å². The van der Waals surface area contributed by atoms with E-state index in [1.165, 1.54) is 0 Å². The van der Waals surface area contributed by atoms with E-state index in [-0.39, 0.29) is 23.7 Å². The van der Waals surface area contributed by atoms with E-state index >= 15 is 0 Å². The van der Waals surface area contributed by atoms with E-state index < -0.39 is 0 Å². The molecule has 118 valence electrons. The third kappa shape index (κ3) is 3.42. The van der Waals surface area contributed by atoms with Gasteiger partial charge in [-0.2, -0.15) is 0 Å². The lowest BCUT2D eigenvalue weighted by Gasteiger charge is -2.17. The van der Waals surface area contributed by atoms with Gasteiger partial charge in [0, 0.05) is 18.4 Å². The van der Waals surface area contributed by atoms with Crippen LogP contribution in [0.2, 0.25) is 0 Å². The Kier molecular flexibility index (Phi) is 4.15. The van der Waals surface area contributed by atoms with Gasteiger partial charge in [0.15, 0.2) is 0 Å². The van der Waals surface area contributed by atoms with E-state index in [1.54, 1.807) is 11.9 Å². The highest BCUT2D eigenvalue weighted by molar-refractivity contribution is 6.04. The summed E-state index contributed by atoms with van der Waals surface area (Å²) in [6.45, 7) is 1.98. The minimum absolute atomic E-state index is 0.000548. The van der Waals surface area contributed by atoms with Gasteiger partial charge in [0.25, 0.3) is 0 Å². The van der Waals surface area contributed by atoms with Crippen molar-refractivity contribution in [3.05, 3.63) is 60.2 Å². The quantitative estimate of drug-likeness (QED) is 0.942. The summed E-state index contributed by atoms with van der Waals surface area (Å²) < 4.78 is 0. The van der Waals surface area contributed by atoms with Crippen LogP contribution in [0.5, 0.6) is 0 Å². The van der Waals surface area contributed by atoms with Gasteiger partial charge in [0.05, 0.1) is 11.8 Å². The molecule has 1 aliphatic carbocycles. The second-order valence-corrected chi connectivity index (χ2v) is 6.04. The van der Waals surface area contributed by atoms with E-state index in [0.717, 1.165) is 16.9 Å². The number of nitrogens with zero attached hydrogens (tertiary/aromatic N) is 1. The lowest BCUT2D eigenvalue weighted by Crippen LogP contribution is -2.29. The summed E-state index contributed by atoms with van der Waals surface area (Å²) in [6.07, 6.45) is 0.619. The minimum Gasteiger partial charge on any atom is -0.326 e. The minimum atomic E-state index is -0.228. The van der Waals surface area contributed by atoms with Crippen molar-refractivity contribution in [3.63, 3.8) is 0 Å². The van der Waals surface area contributed by atoms with Crippen molar-refractivity contribution in [2.75, 3.05) is 17.3 Å². The van der Waals surface area contributed by atoms with Crippen molar-refractivity contribution >= 4 is 23.2 Å². The van der Waals surface area contributed by atoms with Gasteiger partial charge in [0.2, 0.25) is 11.8 Å². The fourth-order valence-corrected chi connectivity index (χ4v) is 2.74. The van der Waals surface area contributed by atoms with Crippen LogP contribution in [0.3, 0.4) is 0 Å². The molecule has 1 saturated carbocycles. The second kappa shape index (κ2) is 6.24. The predicted molar refractivity (Wildman–Crippen MR) is 91.3 cm³/mol. The van der Waals surface area contributed by atoms with Crippen molar-refractivity contribution in [2.45, 2.75) is 13.3 Å². The van der Waals surface area contributed by atoms with Gasteiger partial charge in [-0.1, -0.05) is 30.3 Å². The first-order valence-electron chi connectivity index (χ1n) is 7.76. The number of rotatable bonds is 4. The zero-order valence-corrected chi connectivity index (χ0v) is 13.3. The zero-order valence-electron chi connectivity index (χ0n) is 13.3. The molecule has 0 spiro atoms. The molecule has 0 bridgehead atoms. The van der Waals surface area contributed by atoms with E-state index in [9.17, 15) is 9.59 Å². The number of benzene rings is 2. The average Bonchev–Trinajstić information content (AvgIpc) is 3.35. The molecule has 3 rings (SSSR count). The maximum Gasteiger partial charge on any atom is 0.230 e. The van der Waals surface area contributed by atoms with Crippen LogP contribution in [0.15, 0.2) is 54.6 Å². The molecule has 1 aliphatic rings. The van der Waals surface area contributed by atoms with Crippen LogP contribution < -0.4 is 10.2 Å². The summed E-state index contributed by atoms with van der Waals surface area (Å²) in [4.78, 5) is 26.4. The van der Waals surface area contributed by atoms with Gasteiger partial charge in [-0.15, -0.1) is 0 Å². The Bertz CT molecular complexity index is 727. The number of hydrogen-bond donors (Lipinski definition) is 1. The zero-order chi connectivity index (χ0) is 16.4. The summed E-state index contributed by atoms with van der Waals surface area (Å²) in [6, 6.07) is 17.2. The molecule has 0 saturated heterocycles. The predicted octanol–water partition coefficient (Wildman–Crippen LogP) is 3.23. The van der Waals surface area contributed by atoms with E-state index in [2.05, 4.69) is 5.32 Å². The third-order valence-electron chi connectivity index (χ3n) is 4.20. The van der Waals surface area contributed by atoms with Crippen LogP contribution in [0.4, 0.5) is 11.4 Å². The molecule has 2 aromatic carbocycles. The molecule has 2 aromatic rings. The Balaban J connectivity index is 1.60. The van der Waals surface area contributed by atoms with E-state index in [4.69, 9.17) is 0 Å². The van der Waals surface area contributed by atoms with Crippen molar-refractivity contribution in [1.82, 2.24) is 0 Å². The van der Waals surface area contributed by atoms with Crippen molar-refractivity contribution in [3.8, 4) is 0 Å². The number of carbonyl (C=O) groups is 2. The molecule has 0 aliphatic heterocycles. The number of amides is 2. The number of carbonyl (C=O) groups excluding carboxylic acids is 2. The van der Waals surface area contributed by atoms with Gasteiger partial charge in [0.1, 0.15) is 0 Å². The molecule has 2 atom stereocenters. The molecule has 0 heterocycles. The Labute approximate surface area is 136 Å². The molecule has 2 unspecified atom stereocenters. The first-order chi connectivity index (χ1) is 11.1. The number of hydrogen-bond acceptors (Lipinski definition) is 2. The SMILES string of the molecule is Cc1cccc(NC(=O)C2CC2C(=O)N(C)c2ccccc2)c1. The molecule has 1 fully saturated rings. The molecular formula is C19H20N2O2. The monoisotopic (exact) mass is 308 g/mol. The molecule has 0 radical (unpaired) electrons. The van der Waals surface area contributed by atoms with Crippen molar-refractivity contribution in [1.29, 1.82) is 0 Å². The van der Waals surface area contributed by atoms with Crippen LogP contribution in [0, 0.1) is 18.8 Å². The molecule has 4 nitrogen and oxygen atoms in total. The first kappa shape index (κ1) is 15.3. The standard InChI is InChI=1S/C19H20N2O2/c1-13-7-6-8-14(11-13)20-18(22)16-12-17(16)19(23)21(2)15-9-4-3-5-10-15/h3-11,16-17H,12H2,1-2H3,(H,20,22). The number of aryl methyl sites for hydroxylation is 1. The van der Waals surface area contributed by atoms with Gasteiger partial charge < -0.3 is 10.2 Å². The summed E-state index contributed by atoms with van der Waals surface area (Å²) in [7, 11) is 1.76. The highest BCUT2D eigenvalue weighted by Crippen LogP contribution is 2.41. The largest absolute Gasteiger partial charge is 0.326 e. The molecule has 0 aromatic heterocycles. The third-order valence-corrected chi connectivity index (χ3v) is 4.20. The molecule has 2 amide bonds. The number of para-hydroxylation sites is 1. The summed E-state index contributed by atoms with van der Waals surface area (Å²) in [5.41, 5.74) is 2.72. The Morgan fingerprint density at radius 1 is 1.04 bits per heavy atom. The highest BCUT2D eigenvalue weighted by Gasteiger charge is 2.49. The maximum atomic E-state index is 12.5. The fraction of sp³-hybridized carbons (Fsp3) is 0.263. The molecule has 4 heteroatoms. The van der Waals surface area contributed by atoms with Crippen LogP contribution in [0.25, 0.3) is 0 Å². The van der Waals surface area contributed by atoms with Gasteiger partial charge in [-0.05, 0) is 43.2 Å². The summed E-state index contributed by atoms with van der Waals surface area (Å²) in [5.74, 6) is -0.518. The Morgan fingerprint density at radius 3 is 2.48 bits per heavy atom. The normalized spacial score (nSPS) is 19.0. The van der Waals surface area contributed by atoms with Crippen LogP contribution >= 0.6 is 0 Å². The summed E-state index contributed by atoms with van der Waals surface area (Å²) >= 11 is 0. The molecular weight excluding hydrogens is 288 g/mol. The second-order valence-electron chi connectivity index (χ2n) is 6.04. The maximum absolute atomic E-state index is 12.5. The van der Waals surface area contributed by atoms with Crippen LogP contribution in [-0.4, -0.2) is 18.9 Å². The topological polar surface area (TPSA) is 49.4 Å². The van der Waals surface area contributed by atoms with Crippen LogP contribution in [0.1, 0.15) is 12.0 Å². The van der Waals surface area contributed by atoms with Gasteiger partial charge >= 0.3 is 0 Å². The lowest BCUT2D eigenvalue weighted by molar-refractivity contribution is -0.123. The number of nitrogens with one attached hydrogen (secondary N) is 1. The first-order valence-corrected chi connectivity index (χ1v) is 7.76. The summed E-state index contributed by atoms with van der Waals surface area (Å²) in [5, 5.41) is 2.90. The Morgan fingerprint density at radius 2 is 1.78 bits per heavy atom. The van der Waals surface area contributed by atoms with E-state index in [1.807, 2.05) is 61.5 Å². The van der Waals surface area contributed by atoms with Gasteiger partial charge in [-0.3, -0.25) is 9.59 Å². The smallest absolute Gasteiger partial charge is 0.230 e. The lowest BCUT2D eigenvalue weighted by atomic mass is 10.2. The van der Waals surface area contributed by atoms with Crippen LogP contribution in [-0.2, 0) is 9.59 Å². The number of anilines is 2. The fourth-order valence-electron chi connectivity index (χ4n) is 2.74. The van der Waals surface area contributed by atoms with Gasteiger partial charge in [-0.25, -0.2) is 0 Å². The highest BCUT2D eigenvalue weighted by atomic mass is 16.2. The molecule has 1 N–H and O–H groups in total. The van der Waals surface area contributed by atoms with E-state index in [0.29, 0.717) is 6.42 Å². The molecule has 23 heavy (non-hydrogen) atoms. The van der Waals surface area contributed by atoms with Crippen molar-refractivity contribution in [2.24, 2.45) is 11.8 Å². The average molecular weight is 308 g/mol.